The van der Waals surface area contributed by atoms with Crippen LogP contribution in [-0.2, 0) is 4.79 Å². The van der Waals surface area contributed by atoms with E-state index in [-0.39, 0.29) is 5.56 Å². The number of aromatic amines is 1. The van der Waals surface area contributed by atoms with E-state index in [9.17, 15) is 14.7 Å². The number of fused-ring (bicyclic) bond motifs is 1. The Morgan fingerprint density at radius 2 is 2.05 bits per heavy atom. The molecule has 1 saturated carbocycles. The van der Waals surface area contributed by atoms with E-state index in [2.05, 4.69) is 4.98 Å². The fourth-order valence-electron chi connectivity index (χ4n) is 2.33. The molecule has 1 aliphatic rings. The van der Waals surface area contributed by atoms with Gasteiger partial charge in [0, 0.05) is 11.5 Å². The van der Waals surface area contributed by atoms with E-state index in [0.717, 1.165) is 11.8 Å². The maximum atomic E-state index is 11.6. The van der Waals surface area contributed by atoms with Gasteiger partial charge in [-0.05, 0) is 31.4 Å². The van der Waals surface area contributed by atoms with Crippen LogP contribution in [0.5, 0.6) is 5.75 Å². The molecule has 0 saturated heterocycles. The van der Waals surface area contributed by atoms with Gasteiger partial charge < -0.3 is 14.8 Å². The molecule has 1 aromatic heterocycles. The number of ether oxygens (including phenoxy) is 1. The Labute approximate surface area is 108 Å². The number of carbonyl (C=O) groups is 1. The predicted octanol–water partition coefficient (Wildman–Crippen LogP) is 1.91. The van der Waals surface area contributed by atoms with Crippen LogP contribution < -0.4 is 10.3 Å². The van der Waals surface area contributed by atoms with Gasteiger partial charge in [0.1, 0.15) is 5.75 Å². The number of pyridine rings is 1. The number of benzene rings is 1. The van der Waals surface area contributed by atoms with Crippen LogP contribution in [0.25, 0.3) is 10.9 Å². The summed E-state index contributed by atoms with van der Waals surface area (Å²) < 4.78 is 5.67. The first-order valence-corrected chi connectivity index (χ1v) is 6.15. The van der Waals surface area contributed by atoms with E-state index < -0.39 is 11.6 Å². The normalized spacial score (nSPS) is 16.8. The van der Waals surface area contributed by atoms with E-state index in [1.165, 1.54) is 6.07 Å². The van der Waals surface area contributed by atoms with E-state index in [0.29, 0.717) is 24.1 Å². The van der Waals surface area contributed by atoms with Gasteiger partial charge in [-0.25, -0.2) is 4.79 Å². The Hall–Kier alpha value is -2.30. The Morgan fingerprint density at radius 1 is 1.32 bits per heavy atom. The maximum absolute atomic E-state index is 11.6. The zero-order valence-electron chi connectivity index (χ0n) is 10.2. The Balaban J connectivity index is 2.10. The number of H-pyrrole nitrogens is 1. The second kappa shape index (κ2) is 4.12. The molecule has 19 heavy (non-hydrogen) atoms. The third kappa shape index (κ3) is 1.87. The van der Waals surface area contributed by atoms with Gasteiger partial charge in [-0.3, -0.25) is 4.79 Å². The molecular weight excluding hydrogens is 246 g/mol. The van der Waals surface area contributed by atoms with Crippen molar-refractivity contribution in [3.8, 4) is 5.75 Å². The van der Waals surface area contributed by atoms with Crippen LogP contribution in [0.2, 0.25) is 0 Å². The van der Waals surface area contributed by atoms with Crippen molar-refractivity contribution in [1.82, 2.24) is 4.98 Å². The lowest BCUT2D eigenvalue weighted by Gasteiger charge is -2.37. The Bertz CT molecular complexity index is 700. The van der Waals surface area contributed by atoms with Crippen LogP contribution in [0.4, 0.5) is 0 Å². The SMILES string of the molecule is O=C(O)C1(Oc2cc(=O)[nH]c3ccccc23)CCC1. The molecule has 98 valence electrons. The molecule has 0 bridgehead atoms. The topological polar surface area (TPSA) is 79.4 Å². The van der Waals surface area contributed by atoms with Gasteiger partial charge in [-0.2, -0.15) is 0 Å². The second-order valence-corrected chi connectivity index (χ2v) is 4.80. The molecule has 0 aliphatic heterocycles. The number of carboxylic acid groups (broad SMARTS) is 1. The van der Waals surface area contributed by atoms with Gasteiger partial charge in [0.2, 0.25) is 5.60 Å². The zero-order chi connectivity index (χ0) is 13.5. The average molecular weight is 259 g/mol. The van der Waals surface area contributed by atoms with Crippen LogP contribution in [0.15, 0.2) is 35.1 Å². The first-order chi connectivity index (χ1) is 9.11. The summed E-state index contributed by atoms with van der Waals surface area (Å²) in [6.07, 6.45) is 1.78. The highest BCUT2D eigenvalue weighted by Crippen LogP contribution is 2.38. The van der Waals surface area contributed by atoms with Gasteiger partial charge in [0.15, 0.2) is 0 Å². The highest BCUT2D eigenvalue weighted by molar-refractivity contribution is 5.86. The van der Waals surface area contributed by atoms with Crippen molar-refractivity contribution < 1.29 is 14.6 Å². The summed E-state index contributed by atoms with van der Waals surface area (Å²) in [6, 6.07) is 8.50. The molecule has 0 radical (unpaired) electrons. The summed E-state index contributed by atoms with van der Waals surface area (Å²) in [5.41, 5.74) is -0.824. The number of carboxylic acids is 1. The van der Waals surface area contributed by atoms with Crippen LogP contribution >= 0.6 is 0 Å². The Morgan fingerprint density at radius 3 is 2.68 bits per heavy atom. The lowest BCUT2D eigenvalue weighted by atomic mass is 9.80. The van der Waals surface area contributed by atoms with Crippen LogP contribution in [0.1, 0.15) is 19.3 Å². The van der Waals surface area contributed by atoms with Crippen molar-refractivity contribution in [3.05, 3.63) is 40.7 Å². The fourth-order valence-corrected chi connectivity index (χ4v) is 2.33. The third-order valence-corrected chi connectivity index (χ3v) is 3.57. The molecule has 2 aromatic rings. The van der Waals surface area contributed by atoms with Crippen LogP contribution in [0, 0.1) is 0 Å². The molecule has 1 fully saturated rings. The number of hydrogen-bond donors (Lipinski definition) is 2. The smallest absolute Gasteiger partial charge is 0.348 e. The minimum atomic E-state index is -1.17. The minimum absolute atomic E-state index is 0.298. The molecule has 5 nitrogen and oxygen atoms in total. The van der Waals surface area contributed by atoms with Crippen molar-refractivity contribution in [1.29, 1.82) is 0 Å². The van der Waals surface area contributed by atoms with Crippen molar-refractivity contribution in [2.75, 3.05) is 0 Å². The molecule has 1 aromatic carbocycles. The van der Waals surface area contributed by atoms with Gasteiger partial charge in [-0.1, -0.05) is 12.1 Å². The lowest BCUT2D eigenvalue weighted by molar-refractivity contribution is -0.163. The quantitative estimate of drug-likeness (QED) is 0.882. The highest BCUT2D eigenvalue weighted by Gasteiger charge is 2.47. The molecular formula is C14H13NO4. The van der Waals surface area contributed by atoms with Gasteiger partial charge in [-0.15, -0.1) is 0 Å². The Kier molecular flexibility index (Phi) is 2.55. The molecule has 0 amide bonds. The largest absolute Gasteiger partial charge is 0.478 e. The minimum Gasteiger partial charge on any atom is -0.478 e. The number of aromatic nitrogens is 1. The van der Waals surface area contributed by atoms with E-state index >= 15 is 0 Å². The monoisotopic (exact) mass is 259 g/mol. The summed E-state index contributed by atoms with van der Waals surface area (Å²) in [5.74, 6) is -0.635. The maximum Gasteiger partial charge on any atom is 0.348 e. The van der Waals surface area contributed by atoms with Gasteiger partial charge >= 0.3 is 5.97 Å². The molecule has 0 unspecified atom stereocenters. The van der Waals surface area contributed by atoms with Crippen molar-refractivity contribution in [3.63, 3.8) is 0 Å². The van der Waals surface area contributed by atoms with Crippen LogP contribution in [-0.4, -0.2) is 21.7 Å². The molecule has 1 aliphatic carbocycles. The first kappa shape index (κ1) is 11.8. The number of hydrogen-bond acceptors (Lipinski definition) is 3. The lowest BCUT2D eigenvalue weighted by Crippen LogP contribution is -2.50. The summed E-state index contributed by atoms with van der Waals surface area (Å²) >= 11 is 0. The highest BCUT2D eigenvalue weighted by atomic mass is 16.5. The molecule has 5 heteroatoms. The summed E-state index contributed by atoms with van der Waals surface area (Å²) in [6.45, 7) is 0. The summed E-state index contributed by atoms with van der Waals surface area (Å²) in [4.78, 5) is 25.6. The van der Waals surface area contributed by atoms with E-state index in [4.69, 9.17) is 4.74 Å². The molecule has 0 atom stereocenters. The van der Waals surface area contributed by atoms with Gasteiger partial charge in [0.05, 0.1) is 5.52 Å². The molecule has 3 rings (SSSR count). The third-order valence-electron chi connectivity index (χ3n) is 3.57. The van der Waals surface area contributed by atoms with E-state index in [1.807, 2.05) is 6.07 Å². The molecule has 0 spiro atoms. The predicted molar refractivity (Wildman–Crippen MR) is 69.4 cm³/mol. The fraction of sp³-hybridized carbons (Fsp3) is 0.286. The zero-order valence-corrected chi connectivity index (χ0v) is 10.2. The van der Waals surface area contributed by atoms with E-state index in [1.54, 1.807) is 18.2 Å². The molecule has 1 heterocycles. The number of nitrogens with one attached hydrogen (secondary N) is 1. The molecule has 2 N–H and O–H groups in total. The van der Waals surface area contributed by atoms with Crippen molar-refractivity contribution >= 4 is 16.9 Å². The second-order valence-electron chi connectivity index (χ2n) is 4.80. The van der Waals surface area contributed by atoms with Gasteiger partial charge in [0.25, 0.3) is 5.56 Å². The van der Waals surface area contributed by atoms with Crippen molar-refractivity contribution in [2.45, 2.75) is 24.9 Å². The number of para-hydroxylation sites is 1. The standard InChI is InChI=1S/C14H13NO4/c16-12-8-11(9-4-1-2-5-10(9)15-12)19-14(13(17)18)6-3-7-14/h1-2,4-5,8H,3,6-7H2,(H,15,16)(H,17,18). The average Bonchev–Trinajstić information content (AvgIpc) is 2.32. The van der Waals surface area contributed by atoms with Crippen LogP contribution in [0.3, 0.4) is 0 Å². The number of aliphatic carboxylic acids is 1. The summed E-state index contributed by atoms with van der Waals surface area (Å²) in [7, 11) is 0. The first-order valence-electron chi connectivity index (χ1n) is 6.15. The summed E-state index contributed by atoms with van der Waals surface area (Å²) in [5, 5.41) is 9.99. The van der Waals surface area contributed by atoms with Crippen molar-refractivity contribution in [2.24, 2.45) is 0 Å². The number of rotatable bonds is 3.